The smallest absolute Gasteiger partial charge is 0.379 e. The average molecular weight is 196 g/mol. The van der Waals surface area contributed by atoms with Gasteiger partial charge < -0.3 is 5.11 Å². The minimum absolute atomic E-state index is 0.0556. The molecule has 1 rings (SSSR count). The van der Waals surface area contributed by atoms with Gasteiger partial charge in [0, 0.05) is 9.75 Å². The van der Waals surface area contributed by atoms with Gasteiger partial charge in [-0.25, -0.2) is 0 Å². The van der Waals surface area contributed by atoms with E-state index in [9.17, 15) is 13.2 Å². The van der Waals surface area contributed by atoms with E-state index in [1.54, 1.807) is 13.0 Å². The molecule has 0 fully saturated rings. The minimum atomic E-state index is -4.56. The normalized spacial score (nSPS) is 14.8. The predicted octanol–water partition coefficient (Wildman–Crippen LogP) is 2.65. The molecule has 0 aromatic carbocycles. The number of hydrogen-bond acceptors (Lipinski definition) is 2. The molecule has 1 aromatic heterocycles. The maximum absolute atomic E-state index is 11.9. The molecule has 0 spiro atoms. The molecule has 0 saturated heterocycles. The molecule has 1 unspecified atom stereocenters. The van der Waals surface area contributed by atoms with Gasteiger partial charge >= 0.3 is 6.18 Å². The fraction of sp³-hybridized carbons (Fsp3) is 0.429. The lowest BCUT2D eigenvalue weighted by molar-refractivity contribution is -0.205. The van der Waals surface area contributed by atoms with Crippen LogP contribution in [0.25, 0.3) is 0 Å². The molecule has 0 aliphatic heterocycles. The number of halogens is 3. The summed E-state index contributed by atoms with van der Waals surface area (Å²) in [5.41, 5.74) is 0. The lowest BCUT2D eigenvalue weighted by Crippen LogP contribution is -2.18. The maximum Gasteiger partial charge on any atom is 0.419 e. The molecule has 5 heteroatoms. The number of alkyl halides is 3. The Kier molecular flexibility index (Phi) is 2.44. The van der Waals surface area contributed by atoms with Crippen molar-refractivity contribution in [2.24, 2.45) is 0 Å². The van der Waals surface area contributed by atoms with E-state index in [0.29, 0.717) is 0 Å². The molecule has 0 aliphatic rings. The van der Waals surface area contributed by atoms with Crippen LogP contribution in [0.3, 0.4) is 0 Å². The van der Waals surface area contributed by atoms with Crippen molar-refractivity contribution in [1.82, 2.24) is 0 Å². The first-order valence-electron chi connectivity index (χ1n) is 3.22. The third-order valence-electron chi connectivity index (χ3n) is 1.34. The second-order valence-corrected chi connectivity index (χ2v) is 3.71. The van der Waals surface area contributed by atoms with E-state index in [-0.39, 0.29) is 4.88 Å². The van der Waals surface area contributed by atoms with Crippen LogP contribution in [0.2, 0.25) is 0 Å². The first kappa shape index (κ1) is 9.54. The third-order valence-corrected chi connectivity index (χ3v) is 2.39. The Morgan fingerprint density at radius 3 is 2.33 bits per heavy atom. The summed E-state index contributed by atoms with van der Waals surface area (Å²) in [5, 5.41) is 8.76. The van der Waals surface area contributed by atoms with Crippen LogP contribution in [0.4, 0.5) is 13.2 Å². The van der Waals surface area contributed by atoms with Gasteiger partial charge in [0.05, 0.1) is 0 Å². The zero-order valence-electron chi connectivity index (χ0n) is 6.22. The van der Waals surface area contributed by atoms with Gasteiger partial charge in [-0.2, -0.15) is 13.2 Å². The van der Waals surface area contributed by atoms with Crippen molar-refractivity contribution in [1.29, 1.82) is 0 Å². The number of thiophene rings is 1. The summed E-state index contributed by atoms with van der Waals surface area (Å²) in [7, 11) is 0. The quantitative estimate of drug-likeness (QED) is 0.732. The fourth-order valence-corrected chi connectivity index (χ4v) is 1.65. The molecular formula is C7H7F3OS. The lowest BCUT2D eigenvalue weighted by atomic mass is 10.3. The summed E-state index contributed by atoms with van der Waals surface area (Å²) in [6, 6.07) is 2.84. The summed E-state index contributed by atoms with van der Waals surface area (Å²) >= 11 is 0.953. The Bertz CT molecular complexity index is 266. The second-order valence-electron chi connectivity index (χ2n) is 2.39. The number of aliphatic hydroxyl groups excluding tert-OH is 1. The molecule has 1 heterocycles. The van der Waals surface area contributed by atoms with Gasteiger partial charge in [0.2, 0.25) is 0 Å². The van der Waals surface area contributed by atoms with E-state index in [1.807, 2.05) is 0 Å². The molecular weight excluding hydrogens is 189 g/mol. The van der Waals surface area contributed by atoms with E-state index in [1.165, 1.54) is 6.07 Å². The first-order valence-corrected chi connectivity index (χ1v) is 4.04. The summed E-state index contributed by atoms with van der Waals surface area (Å²) < 4.78 is 35.7. The number of aliphatic hydroxyl groups is 1. The molecule has 0 bridgehead atoms. The van der Waals surface area contributed by atoms with Crippen molar-refractivity contribution < 1.29 is 18.3 Å². The topological polar surface area (TPSA) is 20.2 Å². The monoisotopic (exact) mass is 196 g/mol. The predicted molar refractivity (Wildman–Crippen MR) is 40.1 cm³/mol. The van der Waals surface area contributed by atoms with Crippen LogP contribution in [0.5, 0.6) is 0 Å². The molecule has 0 amide bonds. The van der Waals surface area contributed by atoms with Gasteiger partial charge in [0.15, 0.2) is 6.10 Å². The molecule has 1 N–H and O–H groups in total. The molecule has 12 heavy (non-hydrogen) atoms. The summed E-state index contributed by atoms with van der Waals surface area (Å²) in [6.07, 6.45) is -6.90. The summed E-state index contributed by atoms with van der Waals surface area (Å²) in [5.74, 6) is 0. The molecule has 0 saturated carbocycles. The Hall–Kier alpha value is -0.550. The molecule has 0 radical (unpaired) electrons. The highest BCUT2D eigenvalue weighted by Gasteiger charge is 2.40. The third kappa shape index (κ3) is 1.98. The van der Waals surface area contributed by atoms with Gasteiger partial charge in [-0.1, -0.05) is 0 Å². The van der Waals surface area contributed by atoms with E-state index >= 15 is 0 Å². The Labute approximate surface area is 71.5 Å². The minimum Gasteiger partial charge on any atom is -0.379 e. The van der Waals surface area contributed by atoms with Crippen LogP contribution in [0.1, 0.15) is 15.9 Å². The average Bonchev–Trinajstić information content (AvgIpc) is 2.32. The number of rotatable bonds is 1. The highest BCUT2D eigenvalue weighted by molar-refractivity contribution is 7.12. The van der Waals surface area contributed by atoms with E-state index in [4.69, 9.17) is 5.11 Å². The van der Waals surface area contributed by atoms with Crippen molar-refractivity contribution in [3.05, 3.63) is 21.9 Å². The van der Waals surface area contributed by atoms with Crippen molar-refractivity contribution in [3.8, 4) is 0 Å². The zero-order valence-corrected chi connectivity index (χ0v) is 7.04. The standard InChI is InChI=1S/C7H7F3OS/c1-4-2-3-5(12-4)6(11)7(8,9)10/h2-3,6,11H,1H3. The van der Waals surface area contributed by atoms with Crippen LogP contribution < -0.4 is 0 Å². The van der Waals surface area contributed by atoms with Gasteiger partial charge in [0.1, 0.15) is 0 Å². The van der Waals surface area contributed by atoms with Crippen LogP contribution >= 0.6 is 11.3 Å². The van der Waals surface area contributed by atoms with Gasteiger partial charge in [-0.05, 0) is 19.1 Å². The lowest BCUT2D eigenvalue weighted by Gasteiger charge is -2.11. The summed E-state index contributed by atoms with van der Waals surface area (Å²) in [6.45, 7) is 1.69. The van der Waals surface area contributed by atoms with Crippen LogP contribution in [0.15, 0.2) is 12.1 Å². The van der Waals surface area contributed by atoms with Crippen molar-refractivity contribution >= 4 is 11.3 Å². The fourth-order valence-electron chi connectivity index (χ4n) is 0.762. The van der Waals surface area contributed by atoms with Gasteiger partial charge in [0.25, 0.3) is 0 Å². The van der Waals surface area contributed by atoms with Crippen LogP contribution in [-0.4, -0.2) is 11.3 Å². The van der Waals surface area contributed by atoms with E-state index < -0.39 is 12.3 Å². The maximum atomic E-state index is 11.9. The Morgan fingerprint density at radius 2 is 2.00 bits per heavy atom. The molecule has 1 nitrogen and oxygen atoms in total. The molecule has 1 aromatic rings. The van der Waals surface area contributed by atoms with Gasteiger partial charge in [-0.15, -0.1) is 11.3 Å². The van der Waals surface area contributed by atoms with E-state index in [0.717, 1.165) is 16.2 Å². The number of hydrogen-bond donors (Lipinski definition) is 1. The molecule has 1 atom stereocenters. The highest BCUT2D eigenvalue weighted by atomic mass is 32.1. The summed E-state index contributed by atoms with van der Waals surface area (Å²) in [4.78, 5) is 0.702. The molecule has 0 aliphatic carbocycles. The zero-order chi connectivity index (χ0) is 9.35. The Balaban J connectivity index is 2.85. The Morgan fingerprint density at radius 1 is 1.42 bits per heavy atom. The first-order chi connectivity index (χ1) is 5.41. The highest BCUT2D eigenvalue weighted by Crippen LogP contribution is 2.35. The van der Waals surface area contributed by atoms with Crippen molar-refractivity contribution in [2.75, 3.05) is 0 Å². The van der Waals surface area contributed by atoms with E-state index in [2.05, 4.69) is 0 Å². The van der Waals surface area contributed by atoms with Crippen molar-refractivity contribution in [3.63, 3.8) is 0 Å². The van der Waals surface area contributed by atoms with Crippen molar-refractivity contribution in [2.45, 2.75) is 19.2 Å². The SMILES string of the molecule is Cc1ccc(C(O)C(F)(F)F)s1. The van der Waals surface area contributed by atoms with Crippen LogP contribution in [0, 0.1) is 6.92 Å². The number of aryl methyl sites for hydroxylation is 1. The largest absolute Gasteiger partial charge is 0.419 e. The second kappa shape index (κ2) is 3.06. The molecule has 68 valence electrons. The van der Waals surface area contributed by atoms with Crippen LogP contribution in [-0.2, 0) is 0 Å². The van der Waals surface area contributed by atoms with Gasteiger partial charge in [-0.3, -0.25) is 0 Å².